The molecule has 19 heavy (non-hydrogen) atoms. The van der Waals surface area contributed by atoms with Crippen LogP contribution in [-0.4, -0.2) is 0 Å². The molecule has 0 amide bonds. The van der Waals surface area contributed by atoms with E-state index in [0.29, 0.717) is 0 Å². The van der Waals surface area contributed by atoms with Gasteiger partial charge in [0.15, 0.2) is 0 Å². The molecule has 2 atom stereocenters. The monoisotopic (exact) mass is 268 g/mol. The number of hydrogen-bond donors (Lipinski definition) is 0. The first-order valence-corrected chi connectivity index (χ1v) is 9.01. The molecule has 0 N–H and O–H groups in total. The Morgan fingerprint density at radius 2 is 1.37 bits per heavy atom. The lowest BCUT2D eigenvalue weighted by atomic mass is 9.86. The number of rotatable bonds is 7. The molecule has 0 saturated heterocycles. The molecule has 0 aromatic carbocycles. The van der Waals surface area contributed by atoms with Crippen LogP contribution in [0, 0.1) is 23.7 Å². The molecular formula is C19H40. The maximum Gasteiger partial charge on any atom is -0.0388 e. The van der Waals surface area contributed by atoms with E-state index in [4.69, 9.17) is 0 Å². The van der Waals surface area contributed by atoms with Crippen molar-refractivity contribution in [3.8, 4) is 0 Å². The van der Waals surface area contributed by atoms with E-state index in [1.807, 2.05) is 0 Å². The summed E-state index contributed by atoms with van der Waals surface area (Å²) in [7, 11) is 0. The molecular weight excluding hydrogens is 228 g/mol. The lowest BCUT2D eigenvalue weighted by molar-refractivity contribution is 0.311. The number of hydrogen-bond acceptors (Lipinski definition) is 0. The first-order chi connectivity index (χ1) is 9.01. The van der Waals surface area contributed by atoms with Gasteiger partial charge in [0, 0.05) is 0 Å². The lowest BCUT2D eigenvalue weighted by Crippen LogP contribution is -2.09. The standard InChI is InChI=1S/C14H28.C5H12/c1-4-7-12(2)10-11-13(3)14-8-5-6-9-14;1-4-5(2)3/h12-14H,4-11H2,1-3H3;5H,4H2,1-3H3. The van der Waals surface area contributed by atoms with E-state index in [-0.39, 0.29) is 0 Å². The maximum absolute atomic E-state index is 2.48. The first kappa shape index (κ1) is 19.0. The van der Waals surface area contributed by atoms with Crippen LogP contribution in [0.1, 0.15) is 99.3 Å². The fourth-order valence-electron chi connectivity index (χ4n) is 2.95. The van der Waals surface area contributed by atoms with E-state index < -0.39 is 0 Å². The molecule has 1 saturated carbocycles. The predicted octanol–water partition coefficient (Wildman–Crippen LogP) is 7.08. The lowest BCUT2D eigenvalue weighted by Gasteiger charge is -2.20. The van der Waals surface area contributed by atoms with Crippen molar-refractivity contribution in [2.45, 2.75) is 99.3 Å². The van der Waals surface area contributed by atoms with Gasteiger partial charge < -0.3 is 0 Å². The van der Waals surface area contributed by atoms with Crippen LogP contribution >= 0.6 is 0 Å². The van der Waals surface area contributed by atoms with Crippen molar-refractivity contribution in [2.75, 3.05) is 0 Å². The Bertz CT molecular complexity index is 176. The SMILES string of the molecule is CCC(C)C.CCCC(C)CCC(C)C1CCCC1. The summed E-state index contributed by atoms with van der Waals surface area (Å²) < 4.78 is 0. The van der Waals surface area contributed by atoms with Crippen LogP contribution in [0.5, 0.6) is 0 Å². The highest BCUT2D eigenvalue weighted by atomic mass is 14.3. The largest absolute Gasteiger partial charge is 0.0654 e. The molecule has 0 aromatic rings. The van der Waals surface area contributed by atoms with E-state index in [1.54, 1.807) is 0 Å². The molecule has 0 bridgehead atoms. The van der Waals surface area contributed by atoms with E-state index in [0.717, 1.165) is 23.7 Å². The van der Waals surface area contributed by atoms with E-state index >= 15 is 0 Å². The zero-order valence-electron chi connectivity index (χ0n) is 14.7. The summed E-state index contributed by atoms with van der Waals surface area (Å²) in [4.78, 5) is 0. The fraction of sp³-hybridized carbons (Fsp3) is 1.00. The molecule has 0 nitrogen and oxygen atoms in total. The first-order valence-electron chi connectivity index (χ1n) is 9.01. The van der Waals surface area contributed by atoms with Gasteiger partial charge in [-0.15, -0.1) is 0 Å². The van der Waals surface area contributed by atoms with Gasteiger partial charge in [0.1, 0.15) is 0 Å². The van der Waals surface area contributed by atoms with E-state index in [1.165, 1.54) is 57.8 Å². The van der Waals surface area contributed by atoms with Crippen LogP contribution in [0.4, 0.5) is 0 Å². The minimum absolute atomic E-state index is 0.884. The third kappa shape index (κ3) is 10.4. The molecule has 116 valence electrons. The molecule has 0 radical (unpaired) electrons. The highest BCUT2D eigenvalue weighted by Crippen LogP contribution is 2.34. The summed E-state index contributed by atoms with van der Waals surface area (Å²) in [5, 5.41) is 0. The second kappa shape index (κ2) is 11.8. The average molecular weight is 269 g/mol. The molecule has 0 heteroatoms. The predicted molar refractivity (Wildman–Crippen MR) is 89.6 cm³/mol. The second-order valence-corrected chi connectivity index (χ2v) is 7.30. The van der Waals surface area contributed by atoms with Gasteiger partial charge in [-0.2, -0.15) is 0 Å². The van der Waals surface area contributed by atoms with E-state index in [2.05, 4.69) is 41.5 Å². The van der Waals surface area contributed by atoms with Crippen molar-refractivity contribution in [3.63, 3.8) is 0 Å². The Morgan fingerprint density at radius 3 is 1.79 bits per heavy atom. The quantitative estimate of drug-likeness (QED) is 0.462. The molecule has 0 heterocycles. The third-order valence-corrected chi connectivity index (χ3v) is 4.92. The zero-order chi connectivity index (χ0) is 14.7. The molecule has 1 rings (SSSR count). The minimum Gasteiger partial charge on any atom is -0.0654 e. The van der Waals surface area contributed by atoms with Gasteiger partial charge in [-0.05, 0) is 23.7 Å². The Labute approximate surface area is 123 Å². The third-order valence-electron chi connectivity index (χ3n) is 4.92. The average Bonchev–Trinajstić information content (AvgIpc) is 2.91. The van der Waals surface area contributed by atoms with Crippen molar-refractivity contribution >= 4 is 0 Å². The highest BCUT2D eigenvalue weighted by Gasteiger charge is 2.21. The Balaban J connectivity index is 0.000000555. The molecule has 1 fully saturated rings. The molecule has 2 unspecified atom stereocenters. The van der Waals surface area contributed by atoms with Gasteiger partial charge >= 0.3 is 0 Å². The fourth-order valence-corrected chi connectivity index (χ4v) is 2.95. The van der Waals surface area contributed by atoms with Crippen molar-refractivity contribution in [3.05, 3.63) is 0 Å². The zero-order valence-corrected chi connectivity index (χ0v) is 14.7. The molecule has 0 aliphatic heterocycles. The van der Waals surface area contributed by atoms with Gasteiger partial charge in [-0.3, -0.25) is 0 Å². The smallest absolute Gasteiger partial charge is 0.0388 e. The molecule has 1 aliphatic carbocycles. The van der Waals surface area contributed by atoms with Gasteiger partial charge in [0.25, 0.3) is 0 Å². The summed E-state index contributed by atoms with van der Waals surface area (Å²) in [6.45, 7) is 13.8. The highest BCUT2D eigenvalue weighted by molar-refractivity contribution is 4.73. The molecule has 1 aliphatic rings. The Hall–Kier alpha value is 0. The molecule has 0 aromatic heterocycles. The topological polar surface area (TPSA) is 0 Å². The van der Waals surface area contributed by atoms with Gasteiger partial charge in [0.05, 0.1) is 0 Å². The van der Waals surface area contributed by atoms with Crippen molar-refractivity contribution in [1.82, 2.24) is 0 Å². The Morgan fingerprint density at radius 1 is 0.842 bits per heavy atom. The van der Waals surface area contributed by atoms with Gasteiger partial charge in [-0.1, -0.05) is 99.3 Å². The molecule has 0 spiro atoms. The summed E-state index contributed by atoms with van der Waals surface area (Å²) in [6.07, 6.45) is 13.1. The van der Waals surface area contributed by atoms with Crippen molar-refractivity contribution < 1.29 is 0 Å². The van der Waals surface area contributed by atoms with Crippen LogP contribution in [0.3, 0.4) is 0 Å². The second-order valence-electron chi connectivity index (χ2n) is 7.30. The van der Waals surface area contributed by atoms with E-state index in [9.17, 15) is 0 Å². The maximum atomic E-state index is 2.48. The van der Waals surface area contributed by atoms with Crippen LogP contribution < -0.4 is 0 Å². The Kier molecular flexibility index (Phi) is 11.8. The van der Waals surface area contributed by atoms with Crippen LogP contribution in [-0.2, 0) is 0 Å². The minimum atomic E-state index is 0.884. The van der Waals surface area contributed by atoms with Crippen LogP contribution in [0.25, 0.3) is 0 Å². The summed E-state index contributed by atoms with van der Waals surface area (Å²) in [6, 6.07) is 0. The summed E-state index contributed by atoms with van der Waals surface area (Å²) in [5.41, 5.74) is 0. The summed E-state index contributed by atoms with van der Waals surface area (Å²) in [5.74, 6) is 3.92. The van der Waals surface area contributed by atoms with Crippen molar-refractivity contribution in [1.29, 1.82) is 0 Å². The summed E-state index contributed by atoms with van der Waals surface area (Å²) >= 11 is 0. The van der Waals surface area contributed by atoms with Gasteiger partial charge in [0.2, 0.25) is 0 Å². The normalized spacial score (nSPS) is 19.1. The van der Waals surface area contributed by atoms with Crippen LogP contribution in [0.15, 0.2) is 0 Å². The van der Waals surface area contributed by atoms with Gasteiger partial charge in [-0.25, -0.2) is 0 Å². The van der Waals surface area contributed by atoms with Crippen molar-refractivity contribution in [2.24, 2.45) is 23.7 Å². The van der Waals surface area contributed by atoms with Crippen LogP contribution in [0.2, 0.25) is 0 Å².